The number of nitrogens with two attached hydrogens (primary N) is 1. The lowest BCUT2D eigenvalue weighted by Gasteiger charge is -2.22. The van der Waals surface area contributed by atoms with Gasteiger partial charge in [-0.1, -0.05) is 32.1 Å². The zero-order chi connectivity index (χ0) is 11.2. The van der Waals surface area contributed by atoms with E-state index in [0.29, 0.717) is 0 Å². The molecule has 2 nitrogen and oxygen atoms in total. The maximum absolute atomic E-state index is 5.83. The monoisotopic (exact) mass is 224 g/mol. The molecule has 2 heteroatoms. The van der Waals surface area contributed by atoms with Crippen LogP contribution in [0.5, 0.6) is 0 Å². The summed E-state index contributed by atoms with van der Waals surface area (Å²) < 4.78 is 0. The van der Waals surface area contributed by atoms with Crippen molar-refractivity contribution in [1.29, 1.82) is 0 Å². The van der Waals surface area contributed by atoms with Crippen LogP contribution in [0, 0.1) is 11.8 Å². The quantitative estimate of drug-likeness (QED) is 0.721. The molecular formula is C14H28N2. The highest BCUT2D eigenvalue weighted by atomic mass is 14.9. The third-order valence-electron chi connectivity index (χ3n) is 4.64. The summed E-state index contributed by atoms with van der Waals surface area (Å²) in [6, 6.07) is 0.807. The van der Waals surface area contributed by atoms with Crippen molar-refractivity contribution in [2.75, 3.05) is 13.1 Å². The maximum atomic E-state index is 5.83. The fraction of sp³-hybridized carbons (Fsp3) is 1.00. The van der Waals surface area contributed by atoms with E-state index in [2.05, 4.69) is 5.32 Å². The van der Waals surface area contributed by atoms with Crippen molar-refractivity contribution < 1.29 is 0 Å². The summed E-state index contributed by atoms with van der Waals surface area (Å²) in [5.74, 6) is 1.67. The van der Waals surface area contributed by atoms with Gasteiger partial charge in [-0.3, -0.25) is 0 Å². The SMILES string of the molecule is NCC1CCCC1CNC1CCCCCC1. The van der Waals surface area contributed by atoms with E-state index in [4.69, 9.17) is 5.73 Å². The van der Waals surface area contributed by atoms with Crippen molar-refractivity contribution >= 4 is 0 Å². The molecule has 94 valence electrons. The Kier molecular flexibility index (Phi) is 5.11. The van der Waals surface area contributed by atoms with E-state index in [1.807, 2.05) is 0 Å². The average Bonchev–Trinajstić information content (AvgIpc) is 2.60. The van der Waals surface area contributed by atoms with Crippen LogP contribution >= 0.6 is 0 Å². The third-order valence-corrected chi connectivity index (χ3v) is 4.64. The van der Waals surface area contributed by atoms with Crippen LogP contribution in [0.4, 0.5) is 0 Å². The zero-order valence-corrected chi connectivity index (χ0v) is 10.6. The molecule has 0 aromatic rings. The summed E-state index contributed by atoms with van der Waals surface area (Å²) in [5.41, 5.74) is 5.83. The number of hydrogen-bond acceptors (Lipinski definition) is 2. The lowest BCUT2D eigenvalue weighted by molar-refractivity contribution is 0.341. The van der Waals surface area contributed by atoms with Gasteiger partial charge in [0.25, 0.3) is 0 Å². The van der Waals surface area contributed by atoms with Crippen LogP contribution in [0.3, 0.4) is 0 Å². The predicted molar refractivity (Wildman–Crippen MR) is 69.4 cm³/mol. The van der Waals surface area contributed by atoms with Gasteiger partial charge in [-0.25, -0.2) is 0 Å². The number of nitrogens with one attached hydrogen (secondary N) is 1. The van der Waals surface area contributed by atoms with Crippen LogP contribution in [0.25, 0.3) is 0 Å². The van der Waals surface area contributed by atoms with Gasteiger partial charge in [-0.2, -0.15) is 0 Å². The van der Waals surface area contributed by atoms with E-state index < -0.39 is 0 Å². The van der Waals surface area contributed by atoms with Crippen LogP contribution in [0.2, 0.25) is 0 Å². The number of hydrogen-bond donors (Lipinski definition) is 2. The molecule has 3 N–H and O–H groups in total. The van der Waals surface area contributed by atoms with Gasteiger partial charge in [-0.15, -0.1) is 0 Å². The summed E-state index contributed by atoms with van der Waals surface area (Å²) in [6.07, 6.45) is 12.7. The molecule has 2 fully saturated rings. The van der Waals surface area contributed by atoms with E-state index in [1.54, 1.807) is 0 Å². The van der Waals surface area contributed by atoms with Gasteiger partial charge in [0.05, 0.1) is 0 Å². The van der Waals surface area contributed by atoms with E-state index in [0.717, 1.165) is 24.4 Å². The van der Waals surface area contributed by atoms with Gasteiger partial charge in [0.1, 0.15) is 0 Å². The first kappa shape index (κ1) is 12.4. The van der Waals surface area contributed by atoms with Crippen LogP contribution in [0.1, 0.15) is 57.8 Å². The molecule has 2 unspecified atom stereocenters. The molecule has 0 aromatic heterocycles. The van der Waals surface area contributed by atoms with Crippen molar-refractivity contribution in [3.8, 4) is 0 Å². The summed E-state index contributed by atoms with van der Waals surface area (Å²) in [7, 11) is 0. The maximum Gasteiger partial charge on any atom is 0.00671 e. The Labute approximate surface area is 100 Å². The molecule has 0 bridgehead atoms. The molecule has 2 saturated carbocycles. The molecule has 2 aliphatic rings. The Balaban J connectivity index is 1.69. The highest BCUT2D eigenvalue weighted by molar-refractivity contribution is 4.81. The highest BCUT2D eigenvalue weighted by Crippen LogP contribution is 2.30. The smallest absolute Gasteiger partial charge is 0.00671 e. The fourth-order valence-electron chi connectivity index (χ4n) is 3.49. The van der Waals surface area contributed by atoms with Gasteiger partial charge in [-0.05, 0) is 50.6 Å². The number of rotatable bonds is 4. The lowest BCUT2D eigenvalue weighted by Crippen LogP contribution is -2.35. The van der Waals surface area contributed by atoms with Gasteiger partial charge in [0.2, 0.25) is 0 Å². The molecule has 0 aromatic carbocycles. The molecule has 0 spiro atoms. The van der Waals surface area contributed by atoms with E-state index >= 15 is 0 Å². The molecule has 2 rings (SSSR count). The minimum Gasteiger partial charge on any atom is -0.330 e. The fourth-order valence-corrected chi connectivity index (χ4v) is 3.49. The minimum absolute atomic E-state index is 0.804. The Bertz CT molecular complexity index is 185. The molecular weight excluding hydrogens is 196 g/mol. The second kappa shape index (κ2) is 6.61. The third kappa shape index (κ3) is 3.46. The first-order chi connectivity index (χ1) is 7.90. The molecule has 0 radical (unpaired) electrons. The topological polar surface area (TPSA) is 38.0 Å². The summed E-state index contributed by atoms with van der Waals surface area (Å²) in [5, 5.41) is 3.81. The Hall–Kier alpha value is -0.0800. The minimum atomic E-state index is 0.804. The lowest BCUT2D eigenvalue weighted by atomic mass is 9.95. The highest BCUT2D eigenvalue weighted by Gasteiger charge is 2.26. The van der Waals surface area contributed by atoms with Crippen LogP contribution < -0.4 is 11.1 Å². The van der Waals surface area contributed by atoms with E-state index in [9.17, 15) is 0 Å². The average molecular weight is 224 g/mol. The zero-order valence-electron chi connectivity index (χ0n) is 10.6. The van der Waals surface area contributed by atoms with Gasteiger partial charge in [0, 0.05) is 6.04 Å². The second-order valence-electron chi connectivity index (χ2n) is 5.78. The standard InChI is InChI=1S/C14H28N2/c15-10-12-6-5-7-13(12)11-16-14-8-3-1-2-4-9-14/h12-14,16H,1-11,15H2. The van der Waals surface area contributed by atoms with E-state index in [1.165, 1.54) is 64.3 Å². The first-order valence-corrected chi connectivity index (χ1v) is 7.33. The molecule has 16 heavy (non-hydrogen) atoms. The van der Waals surface area contributed by atoms with Crippen molar-refractivity contribution in [2.24, 2.45) is 17.6 Å². The van der Waals surface area contributed by atoms with Crippen molar-refractivity contribution in [3.63, 3.8) is 0 Å². The van der Waals surface area contributed by atoms with Crippen LogP contribution in [-0.2, 0) is 0 Å². The summed E-state index contributed by atoms with van der Waals surface area (Å²) in [4.78, 5) is 0. The Morgan fingerprint density at radius 2 is 1.50 bits per heavy atom. The molecule has 0 saturated heterocycles. The first-order valence-electron chi connectivity index (χ1n) is 7.33. The van der Waals surface area contributed by atoms with E-state index in [-0.39, 0.29) is 0 Å². The van der Waals surface area contributed by atoms with Crippen molar-refractivity contribution in [3.05, 3.63) is 0 Å². The molecule has 2 aliphatic carbocycles. The second-order valence-corrected chi connectivity index (χ2v) is 5.78. The molecule has 0 amide bonds. The summed E-state index contributed by atoms with van der Waals surface area (Å²) >= 11 is 0. The van der Waals surface area contributed by atoms with Gasteiger partial charge >= 0.3 is 0 Å². The predicted octanol–water partition coefficient (Wildman–Crippen LogP) is 2.67. The largest absolute Gasteiger partial charge is 0.330 e. The van der Waals surface area contributed by atoms with Gasteiger partial charge < -0.3 is 11.1 Å². The molecule has 2 atom stereocenters. The molecule has 0 aliphatic heterocycles. The summed E-state index contributed by atoms with van der Waals surface area (Å²) in [6.45, 7) is 2.13. The van der Waals surface area contributed by atoms with Gasteiger partial charge in [0.15, 0.2) is 0 Å². The Morgan fingerprint density at radius 1 is 0.812 bits per heavy atom. The van der Waals surface area contributed by atoms with Crippen LogP contribution in [-0.4, -0.2) is 19.1 Å². The van der Waals surface area contributed by atoms with Crippen molar-refractivity contribution in [1.82, 2.24) is 5.32 Å². The van der Waals surface area contributed by atoms with Crippen LogP contribution in [0.15, 0.2) is 0 Å². The van der Waals surface area contributed by atoms with Crippen molar-refractivity contribution in [2.45, 2.75) is 63.8 Å². The molecule has 0 heterocycles. The normalized spacial score (nSPS) is 32.8. The Morgan fingerprint density at radius 3 is 2.19 bits per heavy atom.